The molecule has 0 bridgehead atoms. The number of aromatic nitrogens is 1. The van der Waals surface area contributed by atoms with E-state index in [1.54, 1.807) is 17.8 Å². The van der Waals surface area contributed by atoms with Crippen LogP contribution in [0.1, 0.15) is 20.3 Å². The van der Waals surface area contributed by atoms with Gasteiger partial charge in [-0.3, -0.25) is 0 Å². The largest absolute Gasteiger partial charge is 0.213 e. The minimum atomic E-state index is -0.394. The molecule has 0 spiro atoms. The topological polar surface area (TPSA) is 12.9 Å². The molecule has 0 aliphatic heterocycles. The van der Waals surface area contributed by atoms with Crippen LogP contribution in [-0.2, 0) is 0 Å². The van der Waals surface area contributed by atoms with Crippen molar-refractivity contribution in [2.24, 2.45) is 5.92 Å². The van der Waals surface area contributed by atoms with Gasteiger partial charge in [0.25, 0.3) is 0 Å². The summed E-state index contributed by atoms with van der Waals surface area (Å²) in [5, 5.41) is 0.778. The van der Waals surface area contributed by atoms with Crippen molar-refractivity contribution in [2.75, 3.05) is 5.75 Å². The predicted molar refractivity (Wildman–Crippen MR) is 54.4 cm³/mol. The van der Waals surface area contributed by atoms with Gasteiger partial charge in [-0.2, -0.15) is 4.39 Å². The molecule has 0 saturated heterocycles. The zero-order chi connectivity index (χ0) is 9.68. The zero-order valence-corrected chi connectivity index (χ0v) is 8.77. The highest BCUT2D eigenvalue weighted by Crippen LogP contribution is 2.19. The van der Waals surface area contributed by atoms with E-state index in [0.717, 1.165) is 17.2 Å². The number of hydrogen-bond donors (Lipinski definition) is 0. The third-order valence-electron chi connectivity index (χ3n) is 1.90. The minimum absolute atomic E-state index is 0.394. The molecule has 1 nitrogen and oxygen atoms in total. The van der Waals surface area contributed by atoms with Crippen LogP contribution in [-0.4, -0.2) is 10.7 Å². The lowest BCUT2D eigenvalue weighted by Gasteiger charge is -2.06. The molecule has 3 heteroatoms. The van der Waals surface area contributed by atoms with Gasteiger partial charge in [0.1, 0.15) is 0 Å². The van der Waals surface area contributed by atoms with Gasteiger partial charge < -0.3 is 0 Å². The van der Waals surface area contributed by atoms with Crippen molar-refractivity contribution in [1.29, 1.82) is 0 Å². The van der Waals surface area contributed by atoms with Crippen molar-refractivity contribution in [3.8, 4) is 0 Å². The first-order valence-corrected chi connectivity index (χ1v) is 5.46. The molecule has 0 aromatic carbocycles. The molecule has 0 amide bonds. The first-order valence-electron chi connectivity index (χ1n) is 4.47. The number of rotatable bonds is 4. The standard InChI is InChI=1S/C10H14FNS/c1-3-8(2)7-13-10-6-4-5-9(11)12-10/h4-6,8H,3,7H2,1-2H3. The third kappa shape index (κ3) is 3.77. The molecule has 0 aliphatic rings. The summed E-state index contributed by atoms with van der Waals surface area (Å²) in [5.41, 5.74) is 0. The second kappa shape index (κ2) is 5.22. The minimum Gasteiger partial charge on any atom is -0.213 e. The van der Waals surface area contributed by atoms with E-state index in [-0.39, 0.29) is 0 Å². The van der Waals surface area contributed by atoms with Crippen LogP contribution in [0.2, 0.25) is 0 Å². The Kier molecular flexibility index (Phi) is 4.22. The van der Waals surface area contributed by atoms with E-state index in [9.17, 15) is 4.39 Å². The molecule has 1 heterocycles. The summed E-state index contributed by atoms with van der Waals surface area (Å²) in [7, 11) is 0. The number of nitrogens with zero attached hydrogens (tertiary/aromatic N) is 1. The van der Waals surface area contributed by atoms with Gasteiger partial charge in [0.2, 0.25) is 5.95 Å². The third-order valence-corrected chi connectivity index (χ3v) is 3.16. The highest BCUT2D eigenvalue weighted by Gasteiger charge is 2.01. The molecular formula is C10H14FNS. The number of hydrogen-bond acceptors (Lipinski definition) is 2. The van der Waals surface area contributed by atoms with Gasteiger partial charge in [-0.15, -0.1) is 11.8 Å². The fourth-order valence-corrected chi connectivity index (χ4v) is 1.83. The first kappa shape index (κ1) is 10.5. The van der Waals surface area contributed by atoms with Crippen LogP contribution >= 0.6 is 11.8 Å². The first-order chi connectivity index (χ1) is 6.22. The van der Waals surface area contributed by atoms with Crippen molar-refractivity contribution >= 4 is 11.8 Å². The molecule has 1 unspecified atom stereocenters. The molecule has 0 N–H and O–H groups in total. The van der Waals surface area contributed by atoms with Crippen LogP contribution in [0.5, 0.6) is 0 Å². The lowest BCUT2D eigenvalue weighted by Crippen LogP contribution is -1.96. The van der Waals surface area contributed by atoms with Crippen molar-refractivity contribution in [3.63, 3.8) is 0 Å². The van der Waals surface area contributed by atoms with Crippen LogP contribution in [0.15, 0.2) is 23.2 Å². The maximum absolute atomic E-state index is 12.6. The van der Waals surface area contributed by atoms with Crippen molar-refractivity contribution < 1.29 is 4.39 Å². The molecule has 72 valence electrons. The van der Waals surface area contributed by atoms with Crippen LogP contribution in [0.3, 0.4) is 0 Å². The average Bonchev–Trinajstić information content (AvgIpc) is 2.14. The number of thioether (sulfide) groups is 1. The van der Waals surface area contributed by atoms with Crippen LogP contribution in [0, 0.1) is 11.9 Å². The Labute approximate surface area is 82.8 Å². The van der Waals surface area contributed by atoms with E-state index < -0.39 is 5.95 Å². The van der Waals surface area contributed by atoms with Crippen LogP contribution in [0.4, 0.5) is 4.39 Å². The molecule has 0 fully saturated rings. The molecule has 0 radical (unpaired) electrons. The molecule has 1 rings (SSSR count). The SMILES string of the molecule is CCC(C)CSc1cccc(F)n1. The quantitative estimate of drug-likeness (QED) is 0.544. The van der Waals surface area contributed by atoms with E-state index in [4.69, 9.17) is 0 Å². The van der Waals surface area contributed by atoms with Gasteiger partial charge in [0.15, 0.2) is 0 Å². The molecule has 13 heavy (non-hydrogen) atoms. The Balaban J connectivity index is 2.45. The maximum Gasteiger partial charge on any atom is 0.213 e. The lowest BCUT2D eigenvalue weighted by molar-refractivity contribution is 0.571. The van der Waals surface area contributed by atoms with Gasteiger partial charge in [0.05, 0.1) is 5.03 Å². The monoisotopic (exact) mass is 199 g/mol. The van der Waals surface area contributed by atoms with Crippen molar-refractivity contribution in [3.05, 3.63) is 24.1 Å². The van der Waals surface area contributed by atoms with E-state index in [1.165, 1.54) is 6.07 Å². The molecule has 1 aromatic heterocycles. The van der Waals surface area contributed by atoms with E-state index in [0.29, 0.717) is 5.92 Å². The Morgan fingerprint density at radius 1 is 1.54 bits per heavy atom. The summed E-state index contributed by atoms with van der Waals surface area (Å²) in [6.07, 6.45) is 1.16. The van der Waals surface area contributed by atoms with Crippen molar-refractivity contribution in [2.45, 2.75) is 25.3 Å². The second-order valence-corrected chi connectivity index (χ2v) is 4.16. The summed E-state index contributed by atoms with van der Waals surface area (Å²) < 4.78 is 12.6. The second-order valence-electron chi connectivity index (χ2n) is 3.12. The molecule has 0 aliphatic carbocycles. The van der Waals surface area contributed by atoms with Crippen molar-refractivity contribution in [1.82, 2.24) is 4.98 Å². The maximum atomic E-state index is 12.6. The van der Waals surface area contributed by atoms with Gasteiger partial charge in [0, 0.05) is 5.75 Å². The molecule has 0 saturated carbocycles. The summed E-state index contributed by atoms with van der Waals surface area (Å²) in [6.45, 7) is 4.34. The predicted octanol–water partition coefficient (Wildman–Crippen LogP) is 3.36. The van der Waals surface area contributed by atoms with Gasteiger partial charge in [-0.1, -0.05) is 26.3 Å². The Morgan fingerprint density at radius 3 is 2.92 bits per heavy atom. The lowest BCUT2D eigenvalue weighted by atomic mass is 10.2. The Hall–Kier alpha value is -0.570. The molecule has 1 aromatic rings. The normalized spacial score (nSPS) is 12.8. The zero-order valence-electron chi connectivity index (χ0n) is 7.96. The fourth-order valence-electron chi connectivity index (χ4n) is 0.816. The fraction of sp³-hybridized carbons (Fsp3) is 0.500. The number of halogens is 1. The smallest absolute Gasteiger partial charge is 0.213 e. The van der Waals surface area contributed by atoms with E-state index >= 15 is 0 Å². The van der Waals surface area contributed by atoms with Gasteiger partial charge in [-0.05, 0) is 18.1 Å². The van der Waals surface area contributed by atoms with E-state index in [1.807, 2.05) is 6.07 Å². The Bertz CT molecular complexity index is 265. The van der Waals surface area contributed by atoms with Crippen LogP contribution in [0.25, 0.3) is 0 Å². The number of pyridine rings is 1. The molecular weight excluding hydrogens is 185 g/mol. The average molecular weight is 199 g/mol. The molecule has 1 atom stereocenters. The van der Waals surface area contributed by atoms with Gasteiger partial charge in [-0.25, -0.2) is 4.98 Å². The summed E-state index contributed by atoms with van der Waals surface area (Å²) in [4.78, 5) is 3.78. The Morgan fingerprint density at radius 2 is 2.31 bits per heavy atom. The highest BCUT2D eigenvalue weighted by molar-refractivity contribution is 7.99. The summed E-state index contributed by atoms with van der Waals surface area (Å²) in [5.74, 6) is 1.27. The summed E-state index contributed by atoms with van der Waals surface area (Å²) >= 11 is 1.62. The van der Waals surface area contributed by atoms with E-state index in [2.05, 4.69) is 18.8 Å². The van der Waals surface area contributed by atoms with Crippen LogP contribution < -0.4 is 0 Å². The highest BCUT2D eigenvalue weighted by atomic mass is 32.2. The van der Waals surface area contributed by atoms with Gasteiger partial charge >= 0.3 is 0 Å². The summed E-state index contributed by atoms with van der Waals surface area (Å²) in [6, 6.07) is 4.91.